The number of nitrogens with zero attached hydrogens (tertiary/aromatic N) is 1. The second kappa shape index (κ2) is 8.64. The Bertz CT molecular complexity index is 1490. The Balaban J connectivity index is 1.80. The molecule has 0 amide bonds. The number of carboxylic acid groups (broad SMARTS) is 1. The molecule has 0 spiro atoms. The molecule has 1 heterocycles. The number of halogens is 3. The highest BCUT2D eigenvalue weighted by molar-refractivity contribution is 7.90. The number of rotatable bonds is 6. The summed E-state index contributed by atoms with van der Waals surface area (Å²) in [6.07, 6.45) is -2.99. The van der Waals surface area contributed by atoms with E-state index in [0.29, 0.717) is 33.2 Å². The minimum absolute atomic E-state index is 0.0326. The van der Waals surface area contributed by atoms with Crippen molar-refractivity contribution >= 4 is 26.9 Å². The first-order valence-corrected chi connectivity index (χ1v) is 11.8. The molecule has 0 atom stereocenters. The quantitative estimate of drug-likeness (QED) is 0.368. The fraction of sp³-hybridized carbons (Fsp3) is 0.160. The highest BCUT2D eigenvalue weighted by atomic mass is 32.2. The molecule has 0 radical (unpaired) electrons. The van der Waals surface area contributed by atoms with Gasteiger partial charge < -0.3 is 5.11 Å². The molecule has 176 valence electrons. The van der Waals surface area contributed by atoms with Gasteiger partial charge in [-0.2, -0.15) is 13.2 Å². The average Bonchev–Trinajstić information content (AvgIpc) is 3.18. The Morgan fingerprint density at radius 1 is 0.971 bits per heavy atom. The Hall–Kier alpha value is -3.59. The van der Waals surface area contributed by atoms with Crippen molar-refractivity contribution in [1.29, 1.82) is 0 Å². The van der Waals surface area contributed by atoms with Crippen molar-refractivity contribution in [2.24, 2.45) is 0 Å². The lowest BCUT2D eigenvalue weighted by atomic mass is 10.0. The van der Waals surface area contributed by atoms with E-state index in [1.807, 2.05) is 0 Å². The number of alkyl halides is 3. The lowest BCUT2D eigenvalue weighted by Gasteiger charge is -2.11. The van der Waals surface area contributed by atoms with Crippen LogP contribution in [-0.2, 0) is 27.4 Å². The van der Waals surface area contributed by atoms with Crippen molar-refractivity contribution in [3.05, 3.63) is 89.6 Å². The van der Waals surface area contributed by atoms with E-state index < -0.39 is 27.7 Å². The molecular weight excluding hydrogens is 467 g/mol. The van der Waals surface area contributed by atoms with E-state index in [1.165, 1.54) is 36.5 Å². The Morgan fingerprint density at radius 3 is 2.29 bits per heavy atom. The molecule has 0 unspecified atom stereocenters. The number of benzene rings is 3. The van der Waals surface area contributed by atoms with Crippen molar-refractivity contribution in [1.82, 2.24) is 3.97 Å². The second-order valence-corrected chi connectivity index (χ2v) is 9.74. The maximum Gasteiger partial charge on any atom is 0.416 e. The highest BCUT2D eigenvalue weighted by Gasteiger charge is 2.30. The number of hydrogen-bond donors (Lipinski definition) is 1. The van der Waals surface area contributed by atoms with Gasteiger partial charge in [-0.25, -0.2) is 12.4 Å². The molecule has 1 N–H and O–H groups in total. The molecule has 5 nitrogen and oxygen atoms in total. The van der Waals surface area contributed by atoms with Crippen molar-refractivity contribution in [2.45, 2.75) is 30.8 Å². The first kappa shape index (κ1) is 23.6. The molecular formula is C25H20F3NO4S. The molecule has 0 saturated carbocycles. The summed E-state index contributed by atoms with van der Waals surface area (Å²) < 4.78 is 67.0. The van der Waals surface area contributed by atoms with Crippen molar-refractivity contribution in [2.75, 3.05) is 0 Å². The van der Waals surface area contributed by atoms with Gasteiger partial charge in [0.2, 0.25) is 0 Å². The lowest BCUT2D eigenvalue weighted by Crippen LogP contribution is -2.12. The van der Waals surface area contributed by atoms with Gasteiger partial charge in [0.1, 0.15) is 0 Å². The highest BCUT2D eigenvalue weighted by Crippen LogP contribution is 2.33. The zero-order valence-corrected chi connectivity index (χ0v) is 18.8. The number of carboxylic acids is 1. The fourth-order valence-electron chi connectivity index (χ4n) is 3.92. The molecule has 0 aliphatic heterocycles. The molecule has 0 aliphatic rings. The van der Waals surface area contributed by atoms with Crippen LogP contribution in [0.4, 0.5) is 13.2 Å². The van der Waals surface area contributed by atoms with Crippen LogP contribution in [0, 0.1) is 6.92 Å². The van der Waals surface area contributed by atoms with Crippen LogP contribution in [0.3, 0.4) is 0 Å². The lowest BCUT2D eigenvalue weighted by molar-refractivity contribution is -0.138. The van der Waals surface area contributed by atoms with Gasteiger partial charge in [0, 0.05) is 18.0 Å². The van der Waals surface area contributed by atoms with E-state index in [9.17, 15) is 26.4 Å². The Labute approximate surface area is 194 Å². The van der Waals surface area contributed by atoms with Crippen LogP contribution in [-0.4, -0.2) is 23.5 Å². The molecule has 9 heteroatoms. The number of aliphatic carboxylic acids is 1. The predicted molar refractivity (Wildman–Crippen MR) is 122 cm³/mol. The third-order valence-electron chi connectivity index (χ3n) is 5.62. The largest absolute Gasteiger partial charge is 0.481 e. The number of para-hydroxylation sites is 1. The van der Waals surface area contributed by atoms with Crippen molar-refractivity contribution in [3.8, 4) is 11.1 Å². The van der Waals surface area contributed by atoms with E-state index in [2.05, 4.69) is 0 Å². The molecule has 0 fully saturated rings. The molecule has 34 heavy (non-hydrogen) atoms. The average molecular weight is 487 g/mol. The topological polar surface area (TPSA) is 76.4 Å². The van der Waals surface area contributed by atoms with Crippen LogP contribution in [0.15, 0.2) is 77.8 Å². The monoisotopic (exact) mass is 487 g/mol. The molecule has 1 aromatic heterocycles. The van der Waals surface area contributed by atoms with Gasteiger partial charge in [0.05, 0.1) is 16.0 Å². The van der Waals surface area contributed by atoms with Crippen LogP contribution < -0.4 is 0 Å². The summed E-state index contributed by atoms with van der Waals surface area (Å²) in [5, 5.41) is 9.72. The molecule has 3 aromatic carbocycles. The third kappa shape index (κ3) is 4.43. The summed E-state index contributed by atoms with van der Waals surface area (Å²) in [6.45, 7) is 1.77. The van der Waals surface area contributed by atoms with E-state index in [-0.39, 0.29) is 17.7 Å². The standard InChI is InChI=1S/C25H20F3NO4S/c1-16-4-2-7-22-19(10-13-23(30)31)15-29(24(16)22)34(32,33)21-6-3-5-18(14-21)17-8-11-20(12-9-17)25(26,27)28/h2-9,11-12,14-15H,10,13H2,1H3,(H,30,31). The zero-order chi connectivity index (χ0) is 24.7. The van der Waals surface area contributed by atoms with Crippen LogP contribution >= 0.6 is 0 Å². The molecule has 0 bridgehead atoms. The van der Waals surface area contributed by atoms with Crippen LogP contribution in [0.25, 0.3) is 22.0 Å². The molecule has 0 saturated heterocycles. The fourth-order valence-corrected chi connectivity index (χ4v) is 5.42. The normalized spacial score (nSPS) is 12.2. The summed E-state index contributed by atoms with van der Waals surface area (Å²) in [7, 11) is -4.08. The van der Waals surface area contributed by atoms with Gasteiger partial charge in [-0.3, -0.25) is 4.79 Å². The van der Waals surface area contributed by atoms with Gasteiger partial charge in [-0.15, -0.1) is 0 Å². The molecule has 4 rings (SSSR count). The summed E-state index contributed by atoms with van der Waals surface area (Å²) in [5.41, 5.74) is 1.88. The predicted octanol–water partition coefficient (Wildman–Crippen LogP) is 5.89. The van der Waals surface area contributed by atoms with Crippen LogP contribution in [0.5, 0.6) is 0 Å². The van der Waals surface area contributed by atoms with Gasteiger partial charge in [0.25, 0.3) is 10.0 Å². The van der Waals surface area contributed by atoms with Crippen molar-refractivity contribution in [3.63, 3.8) is 0 Å². The molecule has 0 aliphatic carbocycles. The van der Waals surface area contributed by atoms with Gasteiger partial charge in [-0.1, -0.05) is 42.5 Å². The minimum Gasteiger partial charge on any atom is -0.481 e. The third-order valence-corrected chi connectivity index (χ3v) is 7.28. The SMILES string of the molecule is Cc1cccc2c(CCC(=O)O)cn(S(=O)(=O)c3cccc(-c4ccc(C(F)(F)F)cc4)c3)c12. The Kier molecular flexibility index (Phi) is 5.99. The number of fused-ring (bicyclic) bond motifs is 1. The summed E-state index contributed by atoms with van der Waals surface area (Å²) in [6, 6.07) is 15.8. The van der Waals surface area contributed by atoms with Crippen LogP contribution in [0.2, 0.25) is 0 Å². The van der Waals surface area contributed by atoms with Gasteiger partial charge in [-0.05, 0) is 59.9 Å². The number of carbonyl (C=O) groups is 1. The zero-order valence-electron chi connectivity index (χ0n) is 18.0. The Morgan fingerprint density at radius 2 is 1.65 bits per heavy atom. The first-order valence-electron chi connectivity index (χ1n) is 10.3. The smallest absolute Gasteiger partial charge is 0.416 e. The number of aromatic nitrogens is 1. The summed E-state index contributed by atoms with van der Waals surface area (Å²) in [5.74, 6) is -0.986. The first-order chi connectivity index (χ1) is 16.0. The van der Waals surface area contributed by atoms with E-state index in [4.69, 9.17) is 5.11 Å². The van der Waals surface area contributed by atoms with Crippen molar-refractivity contribution < 1.29 is 31.5 Å². The number of hydrogen-bond acceptors (Lipinski definition) is 3. The second-order valence-electron chi connectivity index (χ2n) is 7.92. The maximum absolute atomic E-state index is 13.6. The van der Waals surface area contributed by atoms with Gasteiger partial charge in [0.15, 0.2) is 0 Å². The van der Waals surface area contributed by atoms with E-state index >= 15 is 0 Å². The molecule has 4 aromatic rings. The van der Waals surface area contributed by atoms with Crippen LogP contribution in [0.1, 0.15) is 23.1 Å². The van der Waals surface area contributed by atoms with E-state index in [0.717, 1.165) is 16.1 Å². The maximum atomic E-state index is 13.6. The number of aryl methyl sites for hydroxylation is 2. The van der Waals surface area contributed by atoms with E-state index in [1.54, 1.807) is 31.2 Å². The summed E-state index contributed by atoms with van der Waals surface area (Å²) >= 11 is 0. The van der Waals surface area contributed by atoms with Gasteiger partial charge >= 0.3 is 12.1 Å². The summed E-state index contributed by atoms with van der Waals surface area (Å²) in [4.78, 5) is 11.0. The minimum atomic E-state index is -4.46.